The highest BCUT2D eigenvalue weighted by Crippen LogP contribution is 2.19. The van der Waals surface area contributed by atoms with Gasteiger partial charge in [-0.2, -0.15) is 0 Å². The van der Waals surface area contributed by atoms with E-state index in [2.05, 4.69) is 5.32 Å². The number of carbonyl (C=O) groups is 1. The van der Waals surface area contributed by atoms with Crippen LogP contribution in [0.15, 0.2) is 48.5 Å². The number of carbonyl (C=O) groups excluding carboxylic acids is 1. The molecule has 4 nitrogen and oxygen atoms in total. The molecule has 0 aliphatic rings. The minimum atomic E-state index is -1.20. The SMILES string of the molecule is COc1cccc(C(O)C(=O)NCc2ccc(C)cc2)c1. The topological polar surface area (TPSA) is 58.6 Å². The Kier molecular flexibility index (Phi) is 4.95. The number of ether oxygens (including phenoxy) is 1. The summed E-state index contributed by atoms with van der Waals surface area (Å²) in [6, 6.07) is 14.7. The van der Waals surface area contributed by atoms with E-state index in [0.717, 1.165) is 5.56 Å². The summed E-state index contributed by atoms with van der Waals surface area (Å²) in [7, 11) is 1.54. The molecule has 2 aromatic carbocycles. The standard InChI is InChI=1S/C17H19NO3/c1-12-6-8-13(9-7-12)11-18-17(20)16(19)14-4-3-5-15(10-14)21-2/h3-10,16,19H,11H2,1-2H3,(H,18,20). The fraction of sp³-hybridized carbons (Fsp3) is 0.235. The fourth-order valence-electron chi connectivity index (χ4n) is 1.95. The number of aryl methyl sites for hydroxylation is 1. The summed E-state index contributed by atoms with van der Waals surface area (Å²) in [5.41, 5.74) is 2.67. The van der Waals surface area contributed by atoms with Crippen molar-refractivity contribution in [2.75, 3.05) is 7.11 Å². The van der Waals surface area contributed by atoms with Gasteiger partial charge in [0.1, 0.15) is 5.75 Å². The van der Waals surface area contributed by atoms with Crippen molar-refractivity contribution in [1.29, 1.82) is 0 Å². The number of aliphatic hydroxyl groups is 1. The highest BCUT2D eigenvalue weighted by molar-refractivity contribution is 5.82. The van der Waals surface area contributed by atoms with Crippen molar-refractivity contribution in [2.45, 2.75) is 19.6 Å². The van der Waals surface area contributed by atoms with E-state index in [9.17, 15) is 9.90 Å². The first-order valence-corrected chi connectivity index (χ1v) is 6.75. The van der Waals surface area contributed by atoms with Gasteiger partial charge in [-0.1, -0.05) is 42.0 Å². The van der Waals surface area contributed by atoms with Crippen molar-refractivity contribution in [3.8, 4) is 5.75 Å². The highest BCUT2D eigenvalue weighted by atomic mass is 16.5. The maximum absolute atomic E-state index is 12.0. The molecule has 0 heterocycles. The maximum Gasteiger partial charge on any atom is 0.253 e. The number of methoxy groups -OCH3 is 1. The van der Waals surface area contributed by atoms with Crippen molar-refractivity contribution >= 4 is 5.91 Å². The Balaban J connectivity index is 1.97. The lowest BCUT2D eigenvalue weighted by Gasteiger charge is -2.12. The van der Waals surface area contributed by atoms with Gasteiger partial charge in [-0.15, -0.1) is 0 Å². The molecule has 110 valence electrons. The van der Waals surface area contributed by atoms with Crippen LogP contribution < -0.4 is 10.1 Å². The Morgan fingerprint density at radius 3 is 2.62 bits per heavy atom. The van der Waals surface area contributed by atoms with Crippen LogP contribution in [0.2, 0.25) is 0 Å². The number of rotatable bonds is 5. The molecular weight excluding hydrogens is 266 g/mol. The molecule has 1 amide bonds. The van der Waals surface area contributed by atoms with Crippen molar-refractivity contribution in [3.63, 3.8) is 0 Å². The van der Waals surface area contributed by atoms with E-state index >= 15 is 0 Å². The van der Waals surface area contributed by atoms with E-state index in [1.54, 1.807) is 31.4 Å². The van der Waals surface area contributed by atoms with Gasteiger partial charge in [0.15, 0.2) is 6.10 Å². The summed E-state index contributed by atoms with van der Waals surface area (Å²) < 4.78 is 5.08. The molecular formula is C17H19NO3. The fourth-order valence-corrected chi connectivity index (χ4v) is 1.95. The number of amides is 1. The molecule has 0 bridgehead atoms. The minimum absolute atomic E-state index is 0.389. The second-order valence-electron chi connectivity index (χ2n) is 4.88. The summed E-state index contributed by atoms with van der Waals surface area (Å²) in [6.45, 7) is 2.40. The monoisotopic (exact) mass is 285 g/mol. The summed E-state index contributed by atoms with van der Waals surface area (Å²) in [5, 5.41) is 12.8. The molecule has 2 rings (SSSR count). The Hall–Kier alpha value is -2.33. The molecule has 21 heavy (non-hydrogen) atoms. The molecule has 1 unspecified atom stereocenters. The lowest BCUT2D eigenvalue weighted by atomic mass is 10.1. The van der Waals surface area contributed by atoms with E-state index in [4.69, 9.17) is 4.74 Å². The van der Waals surface area contributed by atoms with Crippen molar-refractivity contribution in [1.82, 2.24) is 5.32 Å². The van der Waals surface area contributed by atoms with E-state index in [1.807, 2.05) is 31.2 Å². The zero-order valence-corrected chi connectivity index (χ0v) is 12.2. The smallest absolute Gasteiger partial charge is 0.253 e. The van der Waals surface area contributed by atoms with Crippen LogP contribution in [-0.4, -0.2) is 18.1 Å². The predicted molar refractivity (Wildman–Crippen MR) is 81.0 cm³/mol. The van der Waals surface area contributed by atoms with Gasteiger partial charge in [-0.25, -0.2) is 0 Å². The molecule has 2 aromatic rings. The van der Waals surface area contributed by atoms with Crippen molar-refractivity contribution in [3.05, 3.63) is 65.2 Å². The molecule has 0 fully saturated rings. The molecule has 0 saturated heterocycles. The van der Waals surface area contributed by atoms with Crippen molar-refractivity contribution < 1.29 is 14.6 Å². The number of hydrogen-bond donors (Lipinski definition) is 2. The van der Waals surface area contributed by atoms with Crippen molar-refractivity contribution in [2.24, 2.45) is 0 Å². The molecule has 2 N–H and O–H groups in total. The predicted octanol–water partition coefficient (Wildman–Crippen LogP) is 2.35. The maximum atomic E-state index is 12.0. The van der Waals surface area contributed by atoms with E-state index in [1.165, 1.54) is 5.56 Å². The van der Waals surface area contributed by atoms with Gasteiger partial charge in [0.2, 0.25) is 0 Å². The van der Waals surface area contributed by atoms with Crippen LogP contribution in [0.3, 0.4) is 0 Å². The summed E-state index contributed by atoms with van der Waals surface area (Å²) in [4.78, 5) is 12.0. The first kappa shape index (κ1) is 15.1. The van der Waals surface area contributed by atoms with Gasteiger partial charge in [-0.05, 0) is 30.2 Å². The Bertz CT molecular complexity index is 608. The second kappa shape index (κ2) is 6.90. The first-order valence-electron chi connectivity index (χ1n) is 6.75. The van der Waals surface area contributed by atoms with Crippen LogP contribution in [0, 0.1) is 6.92 Å². The number of aliphatic hydroxyl groups excluding tert-OH is 1. The third-order valence-corrected chi connectivity index (χ3v) is 3.25. The number of hydrogen-bond acceptors (Lipinski definition) is 3. The first-order chi connectivity index (χ1) is 10.1. The van der Waals surface area contributed by atoms with Gasteiger partial charge < -0.3 is 15.2 Å². The average molecular weight is 285 g/mol. The molecule has 0 spiro atoms. The Labute approximate surface area is 124 Å². The third-order valence-electron chi connectivity index (χ3n) is 3.25. The molecule has 0 saturated carbocycles. The molecule has 4 heteroatoms. The zero-order valence-electron chi connectivity index (χ0n) is 12.2. The van der Waals surface area contributed by atoms with Crippen LogP contribution in [-0.2, 0) is 11.3 Å². The van der Waals surface area contributed by atoms with Gasteiger partial charge in [0.05, 0.1) is 7.11 Å². The Morgan fingerprint density at radius 2 is 1.95 bits per heavy atom. The van der Waals surface area contributed by atoms with Crippen LogP contribution in [0.5, 0.6) is 5.75 Å². The summed E-state index contributed by atoms with van der Waals surface area (Å²) >= 11 is 0. The third kappa shape index (κ3) is 4.07. The lowest BCUT2D eigenvalue weighted by molar-refractivity contribution is -0.129. The molecule has 0 aliphatic carbocycles. The van der Waals surface area contributed by atoms with Gasteiger partial charge in [0, 0.05) is 6.54 Å². The second-order valence-corrected chi connectivity index (χ2v) is 4.88. The molecule has 0 aliphatic heterocycles. The van der Waals surface area contributed by atoms with Crippen LogP contribution in [0.25, 0.3) is 0 Å². The lowest BCUT2D eigenvalue weighted by Crippen LogP contribution is -2.28. The quantitative estimate of drug-likeness (QED) is 0.886. The molecule has 0 radical (unpaired) electrons. The number of benzene rings is 2. The van der Waals surface area contributed by atoms with Crippen LogP contribution in [0.4, 0.5) is 0 Å². The van der Waals surface area contributed by atoms with E-state index in [0.29, 0.717) is 17.9 Å². The summed E-state index contributed by atoms with van der Waals surface area (Å²) in [6.07, 6.45) is -1.20. The van der Waals surface area contributed by atoms with E-state index in [-0.39, 0.29) is 0 Å². The molecule has 1 atom stereocenters. The molecule has 0 aromatic heterocycles. The minimum Gasteiger partial charge on any atom is -0.497 e. The van der Waals surface area contributed by atoms with Crippen LogP contribution in [0.1, 0.15) is 22.8 Å². The van der Waals surface area contributed by atoms with Gasteiger partial charge >= 0.3 is 0 Å². The Morgan fingerprint density at radius 1 is 1.24 bits per heavy atom. The summed E-state index contributed by atoms with van der Waals surface area (Å²) in [5.74, 6) is 0.182. The number of nitrogens with one attached hydrogen (secondary N) is 1. The van der Waals surface area contributed by atoms with E-state index < -0.39 is 12.0 Å². The largest absolute Gasteiger partial charge is 0.497 e. The zero-order chi connectivity index (χ0) is 15.2. The highest BCUT2D eigenvalue weighted by Gasteiger charge is 2.17. The normalized spacial score (nSPS) is 11.8. The van der Waals surface area contributed by atoms with Gasteiger partial charge in [0.25, 0.3) is 5.91 Å². The van der Waals surface area contributed by atoms with Crippen LogP contribution >= 0.6 is 0 Å². The average Bonchev–Trinajstić information content (AvgIpc) is 2.53. The van der Waals surface area contributed by atoms with Gasteiger partial charge in [-0.3, -0.25) is 4.79 Å².